The Morgan fingerprint density at radius 3 is 2.31 bits per heavy atom. The summed E-state index contributed by atoms with van der Waals surface area (Å²) >= 11 is 0. The Morgan fingerprint density at radius 2 is 1.81 bits per heavy atom. The number of halogens is 1. The topological polar surface area (TPSA) is 40.5 Å². The third kappa shape index (κ3) is 5.17. The van der Waals surface area contributed by atoms with Gasteiger partial charge in [-0.05, 0) is 46.1 Å². The van der Waals surface area contributed by atoms with Crippen LogP contribution in [0.5, 0.6) is 0 Å². The van der Waals surface area contributed by atoms with Crippen LogP contribution in [-0.2, 0) is 4.79 Å². The predicted molar refractivity (Wildman–Crippen MR) is 68.2 cm³/mol. The van der Waals surface area contributed by atoms with E-state index < -0.39 is 5.97 Å². The van der Waals surface area contributed by atoms with Crippen LogP contribution in [0.1, 0.15) is 52.4 Å². The number of hydrogen-bond acceptors (Lipinski definition) is 2. The summed E-state index contributed by atoms with van der Waals surface area (Å²) in [5, 5.41) is 8.54. The number of carboxylic acid groups (broad SMARTS) is 1. The maximum absolute atomic E-state index is 10.4. The van der Waals surface area contributed by atoms with Crippen molar-refractivity contribution in [1.29, 1.82) is 0 Å². The van der Waals surface area contributed by atoms with Gasteiger partial charge in [-0.2, -0.15) is 0 Å². The highest BCUT2D eigenvalue weighted by Gasteiger charge is 2.23. The number of unbranched alkanes of at least 4 members (excludes halogenated alkanes) is 1. The molecule has 0 bridgehead atoms. The molecule has 0 aromatic heterocycles. The van der Waals surface area contributed by atoms with Crippen LogP contribution in [0.15, 0.2) is 0 Å². The lowest BCUT2D eigenvalue weighted by Crippen LogP contribution is -2.44. The Morgan fingerprint density at radius 1 is 1.25 bits per heavy atom. The van der Waals surface area contributed by atoms with E-state index in [4.69, 9.17) is 5.11 Å². The van der Waals surface area contributed by atoms with E-state index in [1.54, 1.807) is 0 Å². The average molecular weight is 250 g/mol. The Kier molecular flexibility index (Phi) is 7.77. The zero-order valence-corrected chi connectivity index (χ0v) is 11.1. The second-order valence-corrected chi connectivity index (χ2v) is 4.72. The molecule has 0 amide bonds. The minimum absolute atomic E-state index is 0. The zero-order chi connectivity index (χ0) is 11.3. The van der Waals surface area contributed by atoms with E-state index in [0.29, 0.717) is 18.5 Å². The van der Waals surface area contributed by atoms with Gasteiger partial charge in [-0.1, -0.05) is 6.42 Å². The highest BCUT2D eigenvalue weighted by atomic mass is 35.5. The van der Waals surface area contributed by atoms with Crippen molar-refractivity contribution in [1.82, 2.24) is 4.90 Å². The first-order chi connectivity index (χ1) is 7.11. The molecule has 0 spiro atoms. The molecule has 1 N–H and O–H groups in total. The molecular weight excluding hydrogens is 226 g/mol. The van der Waals surface area contributed by atoms with E-state index in [9.17, 15) is 4.79 Å². The Hall–Kier alpha value is -0.280. The van der Waals surface area contributed by atoms with Gasteiger partial charge in [0.15, 0.2) is 0 Å². The molecule has 1 fully saturated rings. The molecule has 1 rings (SSSR count). The number of nitrogens with zero attached hydrogens (tertiary/aromatic N) is 1. The standard InChI is InChI=1S/C12H23NO2.ClH/c1-10-6-5-7-11(2)13(10)9-4-3-8-12(14)15;/h10-11H,3-9H2,1-2H3,(H,14,15);1H/t10-,11+;. The lowest BCUT2D eigenvalue weighted by molar-refractivity contribution is -0.137. The van der Waals surface area contributed by atoms with Crippen molar-refractivity contribution in [3.05, 3.63) is 0 Å². The molecule has 16 heavy (non-hydrogen) atoms. The van der Waals surface area contributed by atoms with E-state index >= 15 is 0 Å². The summed E-state index contributed by atoms with van der Waals surface area (Å²) in [4.78, 5) is 12.9. The van der Waals surface area contributed by atoms with Gasteiger partial charge in [0.05, 0.1) is 0 Å². The second kappa shape index (κ2) is 7.91. The fourth-order valence-corrected chi connectivity index (χ4v) is 2.49. The summed E-state index contributed by atoms with van der Waals surface area (Å²) < 4.78 is 0. The number of carboxylic acids is 1. The van der Waals surface area contributed by atoms with Crippen LogP contribution < -0.4 is 0 Å². The fraction of sp³-hybridized carbons (Fsp3) is 0.917. The SMILES string of the molecule is C[C@@H]1CCC[C@H](C)N1CCCCC(=O)O.Cl. The van der Waals surface area contributed by atoms with E-state index in [0.717, 1.165) is 19.4 Å². The van der Waals surface area contributed by atoms with Gasteiger partial charge >= 0.3 is 5.97 Å². The Bertz CT molecular complexity index is 201. The molecule has 3 nitrogen and oxygen atoms in total. The van der Waals surface area contributed by atoms with E-state index in [2.05, 4.69) is 18.7 Å². The summed E-state index contributed by atoms with van der Waals surface area (Å²) in [6, 6.07) is 1.36. The minimum Gasteiger partial charge on any atom is -0.481 e. The first-order valence-electron chi connectivity index (χ1n) is 6.09. The van der Waals surface area contributed by atoms with Gasteiger partial charge in [0.25, 0.3) is 0 Å². The average Bonchev–Trinajstić information content (AvgIpc) is 2.15. The summed E-state index contributed by atoms with van der Waals surface area (Å²) in [5.41, 5.74) is 0. The second-order valence-electron chi connectivity index (χ2n) is 4.72. The van der Waals surface area contributed by atoms with Gasteiger partial charge in [-0.3, -0.25) is 9.69 Å². The van der Waals surface area contributed by atoms with Gasteiger partial charge < -0.3 is 5.11 Å². The van der Waals surface area contributed by atoms with Crippen molar-refractivity contribution in [2.45, 2.75) is 64.5 Å². The van der Waals surface area contributed by atoms with Gasteiger partial charge in [-0.15, -0.1) is 12.4 Å². The molecule has 0 aromatic rings. The normalized spacial score (nSPS) is 26.1. The van der Waals surface area contributed by atoms with Gasteiger partial charge in [0.1, 0.15) is 0 Å². The molecule has 0 saturated carbocycles. The van der Waals surface area contributed by atoms with Gasteiger partial charge in [0, 0.05) is 18.5 Å². The summed E-state index contributed by atoms with van der Waals surface area (Å²) in [5.74, 6) is -0.672. The van der Waals surface area contributed by atoms with Crippen LogP contribution in [0.4, 0.5) is 0 Å². The lowest BCUT2D eigenvalue weighted by atomic mass is 9.97. The summed E-state index contributed by atoms with van der Waals surface area (Å²) in [7, 11) is 0. The zero-order valence-electron chi connectivity index (χ0n) is 10.3. The first-order valence-corrected chi connectivity index (χ1v) is 6.09. The Balaban J connectivity index is 0.00000225. The maximum Gasteiger partial charge on any atom is 0.303 e. The van der Waals surface area contributed by atoms with Crippen molar-refractivity contribution in [2.75, 3.05) is 6.54 Å². The molecule has 1 saturated heterocycles. The molecule has 96 valence electrons. The molecule has 0 unspecified atom stereocenters. The minimum atomic E-state index is -0.672. The first kappa shape index (κ1) is 15.7. The van der Waals surface area contributed by atoms with Crippen molar-refractivity contribution in [3.8, 4) is 0 Å². The molecule has 4 heteroatoms. The Labute approximate surface area is 105 Å². The molecule has 1 heterocycles. The van der Waals surface area contributed by atoms with E-state index in [1.807, 2.05) is 0 Å². The van der Waals surface area contributed by atoms with Crippen LogP contribution in [-0.4, -0.2) is 34.6 Å². The highest BCUT2D eigenvalue weighted by Crippen LogP contribution is 2.22. The third-order valence-electron chi connectivity index (χ3n) is 3.43. The van der Waals surface area contributed by atoms with Gasteiger partial charge in [-0.25, -0.2) is 0 Å². The number of likely N-dealkylation sites (tertiary alicyclic amines) is 1. The molecule has 0 radical (unpaired) electrons. The van der Waals surface area contributed by atoms with Crippen molar-refractivity contribution in [3.63, 3.8) is 0 Å². The number of aliphatic carboxylic acids is 1. The van der Waals surface area contributed by atoms with Gasteiger partial charge in [0.2, 0.25) is 0 Å². The van der Waals surface area contributed by atoms with Crippen molar-refractivity contribution < 1.29 is 9.90 Å². The molecule has 0 aliphatic carbocycles. The molecule has 1 aliphatic heterocycles. The largest absolute Gasteiger partial charge is 0.481 e. The lowest BCUT2D eigenvalue weighted by Gasteiger charge is -2.39. The van der Waals surface area contributed by atoms with Crippen LogP contribution in [0.25, 0.3) is 0 Å². The smallest absolute Gasteiger partial charge is 0.303 e. The van der Waals surface area contributed by atoms with Crippen molar-refractivity contribution >= 4 is 18.4 Å². The number of piperidine rings is 1. The predicted octanol–water partition coefficient (Wildman–Crippen LogP) is 2.93. The van der Waals surface area contributed by atoms with Crippen LogP contribution in [0, 0.1) is 0 Å². The van der Waals surface area contributed by atoms with Crippen LogP contribution in [0.3, 0.4) is 0 Å². The van der Waals surface area contributed by atoms with E-state index in [1.165, 1.54) is 19.3 Å². The highest BCUT2D eigenvalue weighted by molar-refractivity contribution is 5.85. The summed E-state index contributed by atoms with van der Waals surface area (Å²) in [6.45, 7) is 5.63. The number of rotatable bonds is 5. The van der Waals surface area contributed by atoms with Crippen LogP contribution >= 0.6 is 12.4 Å². The maximum atomic E-state index is 10.4. The monoisotopic (exact) mass is 249 g/mol. The molecule has 1 aliphatic rings. The van der Waals surface area contributed by atoms with Crippen molar-refractivity contribution in [2.24, 2.45) is 0 Å². The molecular formula is C12H24ClNO2. The fourth-order valence-electron chi connectivity index (χ4n) is 2.49. The molecule has 2 atom stereocenters. The summed E-state index contributed by atoms with van der Waals surface area (Å²) in [6.07, 6.45) is 6.07. The van der Waals surface area contributed by atoms with Crippen LogP contribution in [0.2, 0.25) is 0 Å². The molecule has 0 aromatic carbocycles. The van der Waals surface area contributed by atoms with E-state index in [-0.39, 0.29) is 12.4 Å². The number of hydrogen-bond donors (Lipinski definition) is 1. The quantitative estimate of drug-likeness (QED) is 0.762. The number of carbonyl (C=O) groups is 1. The third-order valence-corrected chi connectivity index (χ3v) is 3.43.